The van der Waals surface area contributed by atoms with E-state index in [1.807, 2.05) is 0 Å². The minimum absolute atomic E-state index is 0.0141. The van der Waals surface area contributed by atoms with Gasteiger partial charge in [-0.05, 0) is 25.5 Å². The number of nitrogens with one attached hydrogen (secondary N) is 3. The number of ether oxygens (including phenoxy) is 1. The minimum Gasteiger partial charge on any atom is -0.481 e. The van der Waals surface area contributed by atoms with Crippen molar-refractivity contribution >= 4 is 29.4 Å². The predicted octanol–water partition coefficient (Wildman–Crippen LogP) is 2.10. The first-order valence-corrected chi connectivity index (χ1v) is 11.2. The highest BCUT2D eigenvalue weighted by atomic mass is 19.2. The molecule has 2 rings (SSSR count). The molecule has 0 radical (unpaired) electrons. The number of anilines is 1. The number of nitrogens with zero attached hydrogens (tertiary/aromatic N) is 1. The molecular weight excluding hydrogens is 520 g/mol. The maximum atomic E-state index is 13.8. The highest BCUT2D eigenvalue weighted by Crippen LogP contribution is 2.26. The second-order valence-electron chi connectivity index (χ2n) is 7.75. The smallest absolute Gasteiger partial charge is 0.319 e. The highest BCUT2D eigenvalue weighted by molar-refractivity contribution is 5.94. The molecule has 0 spiro atoms. The van der Waals surface area contributed by atoms with Crippen molar-refractivity contribution < 1.29 is 46.6 Å². The van der Waals surface area contributed by atoms with E-state index in [1.54, 1.807) is 6.92 Å². The number of aliphatic carboxylic acids is 1. The van der Waals surface area contributed by atoms with Crippen molar-refractivity contribution in [2.24, 2.45) is 0 Å². The van der Waals surface area contributed by atoms with E-state index >= 15 is 0 Å². The lowest BCUT2D eigenvalue weighted by molar-refractivity contribution is -0.140. The van der Waals surface area contributed by atoms with E-state index in [9.17, 15) is 41.5 Å². The van der Waals surface area contributed by atoms with Crippen LogP contribution >= 0.6 is 0 Å². The fourth-order valence-corrected chi connectivity index (χ4v) is 3.30. The topological polar surface area (TPSA) is 156 Å². The summed E-state index contributed by atoms with van der Waals surface area (Å²) >= 11 is 0. The highest BCUT2D eigenvalue weighted by Gasteiger charge is 2.30. The van der Waals surface area contributed by atoms with Crippen LogP contribution in [-0.4, -0.2) is 52.6 Å². The molecule has 0 bridgehead atoms. The lowest BCUT2D eigenvalue weighted by atomic mass is 10.1. The van der Waals surface area contributed by atoms with E-state index in [0.717, 1.165) is 4.57 Å². The van der Waals surface area contributed by atoms with Crippen molar-refractivity contribution in [2.75, 3.05) is 18.5 Å². The van der Waals surface area contributed by atoms with Gasteiger partial charge in [0.05, 0.1) is 6.42 Å². The SMILES string of the molecule is CCNC(=O)Nc1cccn(C(CC)C(=O)N[C@@H](CC(=O)O)C(=O)COc2c(F)c(F)cc(F)c2F)c1=O. The molecule has 1 unspecified atom stereocenters. The first-order valence-electron chi connectivity index (χ1n) is 11.2. The molecule has 38 heavy (non-hydrogen) atoms. The van der Waals surface area contributed by atoms with Gasteiger partial charge in [-0.3, -0.25) is 19.2 Å². The quantitative estimate of drug-likeness (QED) is 0.236. The third kappa shape index (κ3) is 7.30. The van der Waals surface area contributed by atoms with E-state index in [0.29, 0.717) is 0 Å². The Kier molecular flexibility index (Phi) is 10.4. The van der Waals surface area contributed by atoms with Gasteiger partial charge >= 0.3 is 12.0 Å². The van der Waals surface area contributed by atoms with Crippen molar-refractivity contribution in [2.45, 2.75) is 38.8 Å². The molecule has 0 fully saturated rings. The zero-order chi connectivity index (χ0) is 28.6. The molecule has 11 nitrogen and oxygen atoms in total. The van der Waals surface area contributed by atoms with Gasteiger partial charge in [0.15, 0.2) is 23.2 Å². The molecule has 0 aliphatic heterocycles. The van der Waals surface area contributed by atoms with Gasteiger partial charge in [-0.15, -0.1) is 0 Å². The Bertz CT molecular complexity index is 1260. The van der Waals surface area contributed by atoms with Crippen molar-refractivity contribution in [1.82, 2.24) is 15.2 Å². The number of Topliss-reactive ketones (excluding diaryl/α,β-unsaturated/α-hetero) is 1. The molecular formula is C23H24F4N4O7. The molecule has 0 saturated carbocycles. The van der Waals surface area contributed by atoms with Crippen LogP contribution in [0.15, 0.2) is 29.2 Å². The predicted molar refractivity (Wildman–Crippen MR) is 124 cm³/mol. The summed E-state index contributed by atoms with van der Waals surface area (Å²) in [6, 6.07) is -1.14. The summed E-state index contributed by atoms with van der Waals surface area (Å²) in [5.41, 5.74) is -0.938. The maximum Gasteiger partial charge on any atom is 0.319 e. The van der Waals surface area contributed by atoms with Gasteiger partial charge in [0.25, 0.3) is 5.56 Å². The number of carbonyl (C=O) groups excluding carboxylic acids is 3. The standard InChI is InChI=1S/C23H24F4N4O7/c1-3-15(31-7-5-6-13(22(31)36)30-23(37)28-4-2)21(35)29-14(9-17(33)34)16(32)10-38-20-18(26)11(24)8-12(25)19(20)27/h5-8,14-15H,3-4,9-10H2,1-2H3,(H,29,35)(H,33,34)(H2,28,30,37)/t14-,15?/m0/s1. The molecule has 2 aromatic rings. The molecule has 1 aromatic carbocycles. The number of urea groups is 1. The van der Waals surface area contributed by atoms with Crippen LogP contribution in [0, 0.1) is 23.3 Å². The number of ketones is 1. The molecule has 1 aromatic heterocycles. The van der Waals surface area contributed by atoms with Gasteiger partial charge < -0.3 is 30.4 Å². The van der Waals surface area contributed by atoms with Crippen LogP contribution in [0.2, 0.25) is 0 Å². The van der Waals surface area contributed by atoms with Crippen LogP contribution in [0.4, 0.5) is 28.0 Å². The summed E-state index contributed by atoms with van der Waals surface area (Å²) in [5.74, 6) is -12.7. The van der Waals surface area contributed by atoms with Crippen molar-refractivity contribution in [3.05, 3.63) is 58.0 Å². The van der Waals surface area contributed by atoms with E-state index in [4.69, 9.17) is 5.11 Å². The number of hydrogen-bond donors (Lipinski definition) is 4. The zero-order valence-electron chi connectivity index (χ0n) is 20.1. The fourth-order valence-electron chi connectivity index (χ4n) is 3.30. The third-order valence-electron chi connectivity index (χ3n) is 5.10. The second kappa shape index (κ2) is 13.2. The summed E-state index contributed by atoms with van der Waals surface area (Å²) in [6.45, 7) is 2.20. The third-order valence-corrected chi connectivity index (χ3v) is 5.10. The van der Waals surface area contributed by atoms with Gasteiger partial charge in [0.2, 0.25) is 17.5 Å². The lowest BCUT2D eigenvalue weighted by Crippen LogP contribution is -2.48. The van der Waals surface area contributed by atoms with Crippen LogP contribution in [0.5, 0.6) is 5.75 Å². The Morgan fingerprint density at radius 3 is 2.26 bits per heavy atom. The minimum atomic E-state index is -1.91. The zero-order valence-corrected chi connectivity index (χ0v) is 20.1. The van der Waals surface area contributed by atoms with Crippen LogP contribution in [0.25, 0.3) is 0 Å². The van der Waals surface area contributed by atoms with Gasteiger partial charge in [-0.25, -0.2) is 13.6 Å². The number of amides is 3. The number of hydrogen-bond acceptors (Lipinski definition) is 6. The molecule has 4 N–H and O–H groups in total. The average Bonchev–Trinajstić information content (AvgIpc) is 2.84. The number of carbonyl (C=O) groups is 4. The summed E-state index contributed by atoms with van der Waals surface area (Å²) in [5, 5.41) is 16.1. The van der Waals surface area contributed by atoms with Gasteiger partial charge in [-0.1, -0.05) is 6.92 Å². The number of aromatic nitrogens is 1. The van der Waals surface area contributed by atoms with E-state index in [-0.39, 0.29) is 24.7 Å². The number of rotatable bonds is 12. The molecule has 1 heterocycles. The van der Waals surface area contributed by atoms with E-state index in [2.05, 4.69) is 20.7 Å². The van der Waals surface area contributed by atoms with Crippen LogP contribution in [0.3, 0.4) is 0 Å². The van der Waals surface area contributed by atoms with Crippen LogP contribution in [-0.2, 0) is 14.4 Å². The van der Waals surface area contributed by atoms with Crippen LogP contribution in [0.1, 0.15) is 32.7 Å². The molecule has 15 heteroatoms. The largest absolute Gasteiger partial charge is 0.481 e. The summed E-state index contributed by atoms with van der Waals surface area (Å²) in [7, 11) is 0. The number of pyridine rings is 1. The maximum absolute atomic E-state index is 13.8. The van der Waals surface area contributed by atoms with Crippen molar-refractivity contribution in [3.8, 4) is 5.75 Å². The second-order valence-corrected chi connectivity index (χ2v) is 7.75. The lowest BCUT2D eigenvalue weighted by Gasteiger charge is -2.22. The summed E-state index contributed by atoms with van der Waals surface area (Å²) in [6.07, 6.45) is 0.237. The van der Waals surface area contributed by atoms with Crippen molar-refractivity contribution in [1.29, 1.82) is 0 Å². The Morgan fingerprint density at radius 1 is 1.08 bits per heavy atom. The van der Waals surface area contributed by atoms with Gasteiger partial charge in [0.1, 0.15) is 24.4 Å². The number of halogens is 4. The van der Waals surface area contributed by atoms with Crippen LogP contribution < -0.4 is 26.2 Å². The number of carboxylic acid groups (broad SMARTS) is 1. The first kappa shape index (κ1) is 29.8. The van der Waals surface area contributed by atoms with Gasteiger partial charge in [-0.2, -0.15) is 8.78 Å². The fraction of sp³-hybridized carbons (Fsp3) is 0.348. The Hall–Kier alpha value is -4.43. The number of carboxylic acids is 1. The normalized spacial score (nSPS) is 12.3. The Morgan fingerprint density at radius 2 is 1.71 bits per heavy atom. The molecule has 0 saturated heterocycles. The average molecular weight is 544 g/mol. The first-order chi connectivity index (χ1) is 17.9. The Balaban J connectivity index is 2.25. The molecule has 0 aliphatic carbocycles. The molecule has 3 amide bonds. The summed E-state index contributed by atoms with van der Waals surface area (Å²) < 4.78 is 59.9. The summed E-state index contributed by atoms with van der Waals surface area (Å²) in [4.78, 5) is 61.4. The monoisotopic (exact) mass is 544 g/mol. The van der Waals surface area contributed by atoms with Crippen molar-refractivity contribution in [3.63, 3.8) is 0 Å². The molecule has 2 atom stereocenters. The Labute approximate surface area is 212 Å². The molecule has 0 aliphatic rings. The van der Waals surface area contributed by atoms with E-state index < -0.39 is 83.4 Å². The van der Waals surface area contributed by atoms with Gasteiger partial charge in [0, 0.05) is 18.8 Å². The number of benzene rings is 1. The molecule has 206 valence electrons. The van der Waals surface area contributed by atoms with E-state index in [1.165, 1.54) is 25.3 Å².